The fraction of sp³-hybridized carbons (Fsp3) is 0.600. The van der Waals surface area contributed by atoms with E-state index < -0.39 is 5.60 Å². The summed E-state index contributed by atoms with van der Waals surface area (Å²) in [6.07, 6.45) is 3.19. The summed E-state index contributed by atoms with van der Waals surface area (Å²) in [5, 5.41) is 10.5. The van der Waals surface area contributed by atoms with Gasteiger partial charge in [-0.05, 0) is 19.8 Å². The SMILES string of the molecule is CC1(O)CCCN(c2nc(NN)ncc2Cl)C1. The van der Waals surface area contributed by atoms with Crippen molar-refractivity contribution in [3.63, 3.8) is 0 Å². The maximum atomic E-state index is 10.1. The lowest BCUT2D eigenvalue weighted by Gasteiger charge is -2.37. The second-order valence-corrected chi connectivity index (χ2v) is 4.94. The summed E-state index contributed by atoms with van der Waals surface area (Å²) in [5.41, 5.74) is 1.68. The van der Waals surface area contributed by atoms with Gasteiger partial charge in [-0.2, -0.15) is 4.98 Å². The quantitative estimate of drug-likeness (QED) is 0.536. The highest BCUT2D eigenvalue weighted by atomic mass is 35.5. The molecule has 0 aromatic carbocycles. The first kappa shape index (κ1) is 12.3. The van der Waals surface area contributed by atoms with Crippen LogP contribution in [-0.4, -0.2) is 33.8 Å². The molecule has 1 aromatic heterocycles. The van der Waals surface area contributed by atoms with E-state index in [4.69, 9.17) is 17.4 Å². The molecule has 6 nitrogen and oxygen atoms in total. The molecule has 1 fully saturated rings. The summed E-state index contributed by atoms with van der Waals surface area (Å²) in [5.74, 6) is 6.19. The van der Waals surface area contributed by atoms with E-state index in [-0.39, 0.29) is 0 Å². The van der Waals surface area contributed by atoms with Gasteiger partial charge in [0.1, 0.15) is 5.02 Å². The Kier molecular flexibility index (Phi) is 3.37. The highest BCUT2D eigenvalue weighted by Gasteiger charge is 2.30. The Morgan fingerprint density at radius 2 is 2.41 bits per heavy atom. The summed E-state index contributed by atoms with van der Waals surface area (Å²) in [4.78, 5) is 10.1. The molecule has 1 saturated heterocycles. The van der Waals surface area contributed by atoms with Gasteiger partial charge >= 0.3 is 0 Å². The van der Waals surface area contributed by atoms with E-state index in [1.165, 1.54) is 6.20 Å². The number of β-amino-alcohol motifs (C(OH)–C–C–N with tert-alkyl or cyclic N) is 1. The number of anilines is 2. The van der Waals surface area contributed by atoms with Gasteiger partial charge in [-0.15, -0.1) is 0 Å². The van der Waals surface area contributed by atoms with Crippen LogP contribution in [0.4, 0.5) is 11.8 Å². The molecular formula is C10H16ClN5O. The second kappa shape index (κ2) is 4.64. The van der Waals surface area contributed by atoms with Gasteiger partial charge in [-0.3, -0.25) is 5.43 Å². The summed E-state index contributed by atoms with van der Waals surface area (Å²) < 4.78 is 0. The lowest BCUT2D eigenvalue weighted by atomic mass is 9.95. The molecule has 0 spiro atoms. The molecule has 7 heteroatoms. The number of hydrazine groups is 1. The van der Waals surface area contributed by atoms with Crippen LogP contribution in [0.5, 0.6) is 0 Å². The van der Waals surface area contributed by atoms with Crippen LogP contribution in [0.1, 0.15) is 19.8 Å². The van der Waals surface area contributed by atoms with Crippen molar-refractivity contribution in [2.24, 2.45) is 5.84 Å². The summed E-state index contributed by atoms with van der Waals surface area (Å²) >= 11 is 6.06. The zero-order valence-corrected chi connectivity index (χ0v) is 10.4. The highest BCUT2D eigenvalue weighted by Crippen LogP contribution is 2.29. The third-order valence-corrected chi connectivity index (χ3v) is 3.10. The Balaban J connectivity index is 2.26. The van der Waals surface area contributed by atoms with Gasteiger partial charge in [0.05, 0.1) is 11.8 Å². The van der Waals surface area contributed by atoms with E-state index in [0.717, 1.165) is 19.4 Å². The molecule has 2 heterocycles. The number of halogens is 1. The molecule has 0 aliphatic carbocycles. The molecule has 1 unspecified atom stereocenters. The molecule has 1 atom stereocenters. The van der Waals surface area contributed by atoms with E-state index >= 15 is 0 Å². The van der Waals surface area contributed by atoms with Crippen LogP contribution >= 0.6 is 11.6 Å². The van der Waals surface area contributed by atoms with Crippen molar-refractivity contribution < 1.29 is 5.11 Å². The fourth-order valence-electron chi connectivity index (χ4n) is 2.05. The number of nitrogens with one attached hydrogen (secondary N) is 1. The monoisotopic (exact) mass is 257 g/mol. The molecule has 17 heavy (non-hydrogen) atoms. The Labute approximate surface area is 105 Å². The summed E-state index contributed by atoms with van der Waals surface area (Å²) in [6.45, 7) is 3.14. The third-order valence-electron chi connectivity index (χ3n) is 2.83. The molecule has 2 rings (SSSR count). The van der Waals surface area contributed by atoms with Gasteiger partial charge in [0.25, 0.3) is 0 Å². The van der Waals surface area contributed by atoms with E-state index in [9.17, 15) is 5.11 Å². The van der Waals surface area contributed by atoms with Gasteiger partial charge < -0.3 is 10.0 Å². The van der Waals surface area contributed by atoms with Crippen LogP contribution in [0.2, 0.25) is 5.02 Å². The number of rotatable bonds is 2. The first-order valence-corrected chi connectivity index (χ1v) is 5.86. The number of nitrogens with two attached hydrogens (primary N) is 1. The van der Waals surface area contributed by atoms with Gasteiger partial charge in [0.2, 0.25) is 5.95 Å². The van der Waals surface area contributed by atoms with Crippen LogP contribution in [0.3, 0.4) is 0 Å². The molecule has 0 radical (unpaired) electrons. The van der Waals surface area contributed by atoms with Crippen LogP contribution in [-0.2, 0) is 0 Å². The summed E-state index contributed by atoms with van der Waals surface area (Å²) in [7, 11) is 0. The van der Waals surface area contributed by atoms with Gasteiger partial charge in [0, 0.05) is 13.1 Å². The zero-order valence-electron chi connectivity index (χ0n) is 9.65. The van der Waals surface area contributed by atoms with Crippen LogP contribution in [0.25, 0.3) is 0 Å². The Hall–Kier alpha value is -1.11. The number of aromatic nitrogens is 2. The molecule has 4 N–H and O–H groups in total. The average molecular weight is 258 g/mol. The normalized spacial score (nSPS) is 24.8. The Bertz CT molecular complexity index is 412. The maximum absolute atomic E-state index is 10.1. The van der Waals surface area contributed by atoms with Gasteiger partial charge in [-0.25, -0.2) is 10.8 Å². The third kappa shape index (κ3) is 2.77. The fourth-order valence-corrected chi connectivity index (χ4v) is 2.26. The minimum Gasteiger partial charge on any atom is -0.388 e. The lowest BCUT2D eigenvalue weighted by Crippen LogP contribution is -2.46. The number of nitrogens with zero attached hydrogens (tertiary/aromatic N) is 3. The molecule has 94 valence electrons. The van der Waals surface area contributed by atoms with Crippen molar-refractivity contribution in [1.82, 2.24) is 9.97 Å². The van der Waals surface area contributed by atoms with Crippen molar-refractivity contribution in [2.45, 2.75) is 25.4 Å². The standard InChI is InChI=1S/C10H16ClN5O/c1-10(17)3-2-4-16(6-10)8-7(11)5-13-9(14-8)15-12/h5,17H,2-4,6,12H2,1H3,(H,13,14,15). The topological polar surface area (TPSA) is 87.3 Å². The van der Waals surface area contributed by atoms with E-state index in [2.05, 4.69) is 15.4 Å². The number of aliphatic hydroxyl groups is 1. The lowest BCUT2D eigenvalue weighted by molar-refractivity contribution is 0.0447. The number of hydrogen-bond acceptors (Lipinski definition) is 6. The van der Waals surface area contributed by atoms with Crippen molar-refractivity contribution in [2.75, 3.05) is 23.4 Å². The molecule has 0 saturated carbocycles. The number of nitrogen functional groups attached to an aromatic ring is 1. The molecule has 1 aliphatic rings. The van der Waals surface area contributed by atoms with Gasteiger partial charge in [-0.1, -0.05) is 11.6 Å². The van der Waals surface area contributed by atoms with Crippen LogP contribution < -0.4 is 16.2 Å². The second-order valence-electron chi connectivity index (χ2n) is 4.53. The van der Waals surface area contributed by atoms with Crippen molar-refractivity contribution in [3.8, 4) is 0 Å². The first-order chi connectivity index (χ1) is 8.02. The first-order valence-electron chi connectivity index (χ1n) is 5.48. The highest BCUT2D eigenvalue weighted by molar-refractivity contribution is 6.32. The maximum Gasteiger partial charge on any atom is 0.239 e. The van der Waals surface area contributed by atoms with Gasteiger partial charge in [0.15, 0.2) is 5.82 Å². The van der Waals surface area contributed by atoms with E-state index in [1.807, 2.05) is 11.8 Å². The summed E-state index contributed by atoms with van der Waals surface area (Å²) in [6, 6.07) is 0. The minimum absolute atomic E-state index is 0.314. The Morgan fingerprint density at radius 1 is 1.65 bits per heavy atom. The predicted molar refractivity (Wildman–Crippen MR) is 66.9 cm³/mol. The Morgan fingerprint density at radius 3 is 3.06 bits per heavy atom. The number of piperidine rings is 1. The van der Waals surface area contributed by atoms with E-state index in [1.54, 1.807) is 0 Å². The van der Waals surface area contributed by atoms with E-state index in [0.29, 0.717) is 23.3 Å². The molecule has 1 aromatic rings. The number of hydrogen-bond donors (Lipinski definition) is 3. The molecule has 0 amide bonds. The van der Waals surface area contributed by atoms with Crippen molar-refractivity contribution in [3.05, 3.63) is 11.2 Å². The molecular weight excluding hydrogens is 242 g/mol. The largest absolute Gasteiger partial charge is 0.388 e. The smallest absolute Gasteiger partial charge is 0.239 e. The predicted octanol–water partition coefficient (Wildman–Crippen LogP) is 0.767. The molecule has 0 bridgehead atoms. The van der Waals surface area contributed by atoms with Crippen molar-refractivity contribution >= 4 is 23.4 Å². The zero-order chi connectivity index (χ0) is 12.5. The average Bonchev–Trinajstić information content (AvgIpc) is 2.28. The van der Waals surface area contributed by atoms with Crippen molar-refractivity contribution in [1.29, 1.82) is 0 Å². The van der Waals surface area contributed by atoms with Crippen LogP contribution in [0.15, 0.2) is 6.20 Å². The minimum atomic E-state index is -0.706. The van der Waals surface area contributed by atoms with Crippen LogP contribution in [0, 0.1) is 0 Å². The molecule has 1 aliphatic heterocycles.